The molecule has 0 spiro atoms. The summed E-state index contributed by atoms with van der Waals surface area (Å²) in [5, 5.41) is 26.1. The van der Waals surface area contributed by atoms with E-state index in [1.807, 2.05) is 45.0 Å². The van der Waals surface area contributed by atoms with Crippen LogP contribution >= 0.6 is 39.1 Å². The van der Waals surface area contributed by atoms with Crippen LogP contribution in [0.5, 0.6) is 0 Å². The minimum atomic E-state index is -1.18. The summed E-state index contributed by atoms with van der Waals surface area (Å²) in [7, 11) is 0. The third kappa shape index (κ3) is 5.22. The van der Waals surface area contributed by atoms with Gasteiger partial charge in [0.15, 0.2) is 5.69 Å². The van der Waals surface area contributed by atoms with Crippen LogP contribution in [0.3, 0.4) is 0 Å². The second kappa shape index (κ2) is 9.64. The molecule has 1 unspecified atom stereocenters. The average molecular weight is 579 g/mol. The van der Waals surface area contributed by atoms with Crippen molar-refractivity contribution in [3.8, 4) is 28.5 Å². The SMILES string of the molecule is CC(NC(=O)O)c1c(-c2nnc(C(C)(C)C)o2)nn(-c2ccc(Cl)cc2Cl)c1-c1ccc(Br)cc1. The third-order valence-corrected chi connectivity index (χ3v) is 6.29. The molecule has 0 saturated heterocycles. The third-order valence-electron chi connectivity index (χ3n) is 5.22. The number of hydrogen-bond donors (Lipinski definition) is 2. The molecule has 0 fully saturated rings. The first-order valence-electron chi connectivity index (χ1n) is 10.6. The van der Waals surface area contributed by atoms with Crippen LogP contribution in [0.15, 0.2) is 51.4 Å². The van der Waals surface area contributed by atoms with Gasteiger partial charge in [-0.15, -0.1) is 10.2 Å². The van der Waals surface area contributed by atoms with Crippen LogP contribution in [0.2, 0.25) is 10.0 Å². The molecule has 2 N–H and O–H groups in total. The Morgan fingerprint density at radius 1 is 1.14 bits per heavy atom. The molecule has 0 radical (unpaired) electrons. The number of amides is 1. The van der Waals surface area contributed by atoms with Crippen LogP contribution in [-0.4, -0.2) is 31.2 Å². The Kier molecular flexibility index (Phi) is 6.95. The maximum Gasteiger partial charge on any atom is 0.405 e. The van der Waals surface area contributed by atoms with Gasteiger partial charge in [-0.3, -0.25) is 0 Å². The van der Waals surface area contributed by atoms with Gasteiger partial charge in [-0.2, -0.15) is 5.10 Å². The highest BCUT2D eigenvalue weighted by Gasteiger charge is 2.31. The highest BCUT2D eigenvalue weighted by molar-refractivity contribution is 9.10. The Morgan fingerprint density at radius 3 is 2.40 bits per heavy atom. The number of nitrogens with one attached hydrogen (secondary N) is 1. The van der Waals surface area contributed by atoms with Gasteiger partial charge in [-0.25, -0.2) is 9.48 Å². The summed E-state index contributed by atoms with van der Waals surface area (Å²) < 4.78 is 8.54. The van der Waals surface area contributed by atoms with Gasteiger partial charge in [0.05, 0.1) is 22.4 Å². The van der Waals surface area contributed by atoms with Gasteiger partial charge in [0.2, 0.25) is 5.89 Å². The van der Waals surface area contributed by atoms with Crippen molar-refractivity contribution in [2.75, 3.05) is 0 Å². The Hall–Kier alpha value is -2.88. The van der Waals surface area contributed by atoms with Crippen molar-refractivity contribution in [3.63, 3.8) is 0 Å². The zero-order chi connectivity index (χ0) is 25.5. The predicted molar refractivity (Wildman–Crippen MR) is 138 cm³/mol. The first-order chi connectivity index (χ1) is 16.5. The van der Waals surface area contributed by atoms with E-state index in [4.69, 9.17) is 32.7 Å². The van der Waals surface area contributed by atoms with Gasteiger partial charge in [0.25, 0.3) is 5.89 Å². The van der Waals surface area contributed by atoms with Crippen LogP contribution < -0.4 is 5.32 Å². The Bertz CT molecular complexity index is 1390. The van der Waals surface area contributed by atoms with Gasteiger partial charge >= 0.3 is 6.09 Å². The van der Waals surface area contributed by atoms with Crippen LogP contribution in [0.4, 0.5) is 4.79 Å². The van der Waals surface area contributed by atoms with Crippen LogP contribution in [0.1, 0.15) is 45.2 Å². The molecule has 0 aliphatic heterocycles. The lowest BCUT2D eigenvalue weighted by Crippen LogP contribution is -2.25. The number of benzene rings is 2. The number of rotatable bonds is 5. The Balaban J connectivity index is 2.06. The number of hydrogen-bond acceptors (Lipinski definition) is 5. The molecule has 1 atom stereocenters. The van der Waals surface area contributed by atoms with Crippen molar-refractivity contribution in [2.45, 2.75) is 39.2 Å². The van der Waals surface area contributed by atoms with E-state index < -0.39 is 12.1 Å². The molecular weight excluding hydrogens is 557 g/mol. The van der Waals surface area contributed by atoms with E-state index in [2.05, 4.69) is 31.4 Å². The smallest absolute Gasteiger partial charge is 0.405 e. The van der Waals surface area contributed by atoms with E-state index in [0.29, 0.717) is 38.6 Å². The molecule has 0 aliphatic rings. The van der Waals surface area contributed by atoms with Gasteiger partial charge < -0.3 is 14.8 Å². The predicted octanol–water partition coefficient (Wildman–Crippen LogP) is 7.28. The summed E-state index contributed by atoms with van der Waals surface area (Å²) in [5.41, 5.74) is 2.48. The molecule has 0 aliphatic carbocycles. The number of halogens is 3. The molecule has 8 nitrogen and oxygen atoms in total. The quantitative estimate of drug-likeness (QED) is 0.257. The fourth-order valence-corrected chi connectivity index (χ4v) is 4.34. The van der Waals surface area contributed by atoms with Crippen LogP contribution in [0.25, 0.3) is 28.5 Å². The topological polar surface area (TPSA) is 106 Å². The second-order valence-electron chi connectivity index (χ2n) is 8.96. The van der Waals surface area contributed by atoms with Gasteiger partial charge in [0, 0.05) is 26.0 Å². The lowest BCUT2D eigenvalue weighted by molar-refractivity contribution is 0.191. The molecule has 35 heavy (non-hydrogen) atoms. The first kappa shape index (κ1) is 25.2. The molecule has 0 bridgehead atoms. The van der Waals surface area contributed by atoms with Gasteiger partial charge in [-0.05, 0) is 37.3 Å². The maximum atomic E-state index is 11.6. The van der Waals surface area contributed by atoms with E-state index in [9.17, 15) is 9.90 Å². The molecule has 2 aromatic carbocycles. The molecule has 0 saturated carbocycles. The molecule has 182 valence electrons. The lowest BCUT2D eigenvalue weighted by atomic mass is 9.97. The van der Waals surface area contributed by atoms with E-state index in [-0.39, 0.29) is 11.3 Å². The van der Waals surface area contributed by atoms with Crippen molar-refractivity contribution >= 4 is 45.2 Å². The van der Waals surface area contributed by atoms with Crippen molar-refractivity contribution in [2.24, 2.45) is 0 Å². The van der Waals surface area contributed by atoms with E-state index in [1.165, 1.54) is 0 Å². The zero-order valence-corrected chi connectivity index (χ0v) is 22.4. The Labute approximate surface area is 220 Å². The Morgan fingerprint density at radius 2 is 1.83 bits per heavy atom. The highest BCUT2D eigenvalue weighted by Crippen LogP contribution is 2.40. The van der Waals surface area contributed by atoms with Crippen LogP contribution in [0, 0.1) is 0 Å². The monoisotopic (exact) mass is 577 g/mol. The number of carboxylic acid groups (broad SMARTS) is 1. The molecule has 2 aromatic heterocycles. The number of nitrogens with zero attached hydrogens (tertiary/aromatic N) is 4. The summed E-state index contributed by atoms with van der Waals surface area (Å²) in [5.74, 6) is 0.604. The van der Waals surface area contributed by atoms with Crippen molar-refractivity contribution in [3.05, 3.63) is 68.4 Å². The van der Waals surface area contributed by atoms with E-state index in [0.717, 1.165) is 10.0 Å². The zero-order valence-electron chi connectivity index (χ0n) is 19.3. The molecule has 4 rings (SSSR count). The average Bonchev–Trinajstić information content (AvgIpc) is 3.39. The van der Waals surface area contributed by atoms with Crippen LogP contribution in [-0.2, 0) is 5.41 Å². The second-order valence-corrected chi connectivity index (χ2v) is 10.7. The van der Waals surface area contributed by atoms with Gasteiger partial charge in [0.1, 0.15) is 0 Å². The lowest BCUT2D eigenvalue weighted by Gasteiger charge is -2.16. The molecule has 4 aromatic rings. The number of carbonyl (C=O) groups is 1. The minimum Gasteiger partial charge on any atom is -0.465 e. The largest absolute Gasteiger partial charge is 0.465 e. The summed E-state index contributed by atoms with van der Waals surface area (Å²) in [6, 6.07) is 12.0. The number of aromatic nitrogens is 4. The molecule has 2 heterocycles. The first-order valence-corrected chi connectivity index (χ1v) is 12.2. The minimum absolute atomic E-state index is 0.172. The standard InChI is InChI=1S/C24H22BrCl2N5O3/c1-12(28-23(33)34)18-19(21-29-30-22(35-21)24(2,3)4)31-32(17-10-9-15(26)11-16(17)27)20(18)13-5-7-14(25)8-6-13/h5-12,28H,1-4H3,(H,33,34). The molecule has 11 heteroatoms. The molecule has 1 amide bonds. The highest BCUT2D eigenvalue weighted by atomic mass is 79.9. The van der Waals surface area contributed by atoms with E-state index in [1.54, 1.807) is 29.8 Å². The maximum absolute atomic E-state index is 11.6. The van der Waals surface area contributed by atoms with Crippen molar-refractivity contribution in [1.82, 2.24) is 25.3 Å². The van der Waals surface area contributed by atoms with E-state index >= 15 is 0 Å². The van der Waals surface area contributed by atoms with Crippen molar-refractivity contribution < 1.29 is 14.3 Å². The summed E-state index contributed by atoms with van der Waals surface area (Å²) in [4.78, 5) is 11.6. The normalized spacial score (nSPS) is 12.5. The fraction of sp³-hybridized carbons (Fsp3) is 0.250. The summed E-state index contributed by atoms with van der Waals surface area (Å²) in [6.07, 6.45) is -1.18. The van der Waals surface area contributed by atoms with Gasteiger partial charge in [-0.1, -0.05) is 72.0 Å². The van der Waals surface area contributed by atoms with Crippen molar-refractivity contribution in [1.29, 1.82) is 0 Å². The summed E-state index contributed by atoms with van der Waals surface area (Å²) >= 11 is 16.2. The molecular formula is C24H22BrCl2N5O3. The fourth-order valence-electron chi connectivity index (χ4n) is 3.59. The summed E-state index contributed by atoms with van der Waals surface area (Å²) in [6.45, 7) is 7.60.